The van der Waals surface area contributed by atoms with Gasteiger partial charge in [-0.15, -0.1) is 0 Å². The van der Waals surface area contributed by atoms with E-state index in [0.717, 1.165) is 37.4 Å². The second-order valence-electron chi connectivity index (χ2n) is 4.85. The standard InChI is InChI=1S/C16H15Cl2NO/c17-14-3-2-13(10-15(14)18)19-7-5-11-1-4-16-12(9-11)6-8-20-16/h1-4,9-10,19H,5-8H2. The van der Waals surface area contributed by atoms with E-state index in [1.807, 2.05) is 12.1 Å². The average Bonchev–Trinajstić information content (AvgIpc) is 2.90. The Bertz CT molecular complexity index is 628. The van der Waals surface area contributed by atoms with Gasteiger partial charge in [0, 0.05) is 18.7 Å². The van der Waals surface area contributed by atoms with Crippen molar-refractivity contribution in [2.24, 2.45) is 0 Å². The molecule has 104 valence electrons. The highest BCUT2D eigenvalue weighted by atomic mass is 35.5. The van der Waals surface area contributed by atoms with Gasteiger partial charge in [0.2, 0.25) is 0 Å². The molecule has 2 aromatic rings. The number of rotatable bonds is 4. The molecule has 0 fully saturated rings. The second-order valence-corrected chi connectivity index (χ2v) is 5.66. The lowest BCUT2D eigenvalue weighted by Crippen LogP contribution is -2.04. The lowest BCUT2D eigenvalue weighted by atomic mass is 10.1. The molecule has 1 aliphatic rings. The number of hydrogen-bond acceptors (Lipinski definition) is 2. The monoisotopic (exact) mass is 307 g/mol. The lowest BCUT2D eigenvalue weighted by Gasteiger charge is -2.08. The first kappa shape index (κ1) is 13.6. The zero-order valence-electron chi connectivity index (χ0n) is 11.0. The van der Waals surface area contributed by atoms with Gasteiger partial charge in [-0.2, -0.15) is 0 Å². The summed E-state index contributed by atoms with van der Waals surface area (Å²) in [6.45, 7) is 1.66. The van der Waals surface area contributed by atoms with Crippen molar-refractivity contribution in [2.45, 2.75) is 12.8 Å². The zero-order valence-corrected chi connectivity index (χ0v) is 12.5. The van der Waals surface area contributed by atoms with Crippen molar-refractivity contribution in [3.63, 3.8) is 0 Å². The van der Waals surface area contributed by atoms with Gasteiger partial charge in [0.1, 0.15) is 5.75 Å². The fourth-order valence-electron chi connectivity index (χ4n) is 2.35. The molecule has 3 rings (SSSR count). The van der Waals surface area contributed by atoms with Crippen LogP contribution in [0.25, 0.3) is 0 Å². The Balaban J connectivity index is 1.58. The van der Waals surface area contributed by atoms with Crippen LogP contribution >= 0.6 is 23.2 Å². The summed E-state index contributed by atoms with van der Waals surface area (Å²) in [5.74, 6) is 1.03. The molecule has 1 aliphatic heterocycles. The maximum absolute atomic E-state index is 5.99. The fraction of sp³-hybridized carbons (Fsp3) is 0.250. The molecule has 1 heterocycles. The Morgan fingerprint density at radius 1 is 1.05 bits per heavy atom. The van der Waals surface area contributed by atoms with E-state index < -0.39 is 0 Å². The summed E-state index contributed by atoms with van der Waals surface area (Å²) < 4.78 is 5.51. The first-order valence-electron chi connectivity index (χ1n) is 6.66. The first-order chi connectivity index (χ1) is 9.72. The summed E-state index contributed by atoms with van der Waals surface area (Å²) >= 11 is 11.9. The SMILES string of the molecule is Clc1ccc(NCCc2ccc3c(c2)CCO3)cc1Cl. The predicted molar refractivity (Wildman–Crippen MR) is 84.3 cm³/mol. The van der Waals surface area contributed by atoms with Crippen LogP contribution in [-0.2, 0) is 12.8 Å². The molecule has 2 nitrogen and oxygen atoms in total. The van der Waals surface area contributed by atoms with Gasteiger partial charge in [-0.3, -0.25) is 0 Å². The van der Waals surface area contributed by atoms with Crippen LogP contribution in [0, 0.1) is 0 Å². The topological polar surface area (TPSA) is 21.3 Å². The number of fused-ring (bicyclic) bond motifs is 1. The second kappa shape index (κ2) is 5.94. The van der Waals surface area contributed by atoms with Gasteiger partial charge < -0.3 is 10.1 Å². The largest absolute Gasteiger partial charge is 0.493 e. The van der Waals surface area contributed by atoms with E-state index in [1.165, 1.54) is 11.1 Å². The first-order valence-corrected chi connectivity index (χ1v) is 7.41. The van der Waals surface area contributed by atoms with Crippen molar-refractivity contribution >= 4 is 28.9 Å². The van der Waals surface area contributed by atoms with Crippen molar-refractivity contribution in [2.75, 3.05) is 18.5 Å². The summed E-state index contributed by atoms with van der Waals surface area (Å²) in [5, 5.41) is 4.51. The molecule has 4 heteroatoms. The third kappa shape index (κ3) is 3.02. The van der Waals surface area contributed by atoms with Crippen LogP contribution in [0.2, 0.25) is 10.0 Å². The van der Waals surface area contributed by atoms with Gasteiger partial charge >= 0.3 is 0 Å². The minimum absolute atomic E-state index is 0.575. The molecule has 0 saturated carbocycles. The van der Waals surface area contributed by atoms with E-state index in [9.17, 15) is 0 Å². The number of nitrogens with one attached hydrogen (secondary N) is 1. The smallest absolute Gasteiger partial charge is 0.122 e. The summed E-state index contributed by atoms with van der Waals surface area (Å²) in [6, 6.07) is 12.0. The van der Waals surface area contributed by atoms with Crippen molar-refractivity contribution in [1.82, 2.24) is 0 Å². The van der Waals surface area contributed by atoms with Crippen molar-refractivity contribution < 1.29 is 4.74 Å². The Hall–Kier alpha value is -1.38. The zero-order chi connectivity index (χ0) is 13.9. The van der Waals surface area contributed by atoms with Crippen molar-refractivity contribution in [3.05, 3.63) is 57.6 Å². The molecule has 2 aromatic carbocycles. The van der Waals surface area contributed by atoms with Gasteiger partial charge in [0.05, 0.1) is 16.7 Å². The van der Waals surface area contributed by atoms with Gasteiger partial charge in [-0.05, 0) is 41.8 Å². The van der Waals surface area contributed by atoms with Crippen LogP contribution in [0.15, 0.2) is 36.4 Å². The number of anilines is 1. The highest BCUT2D eigenvalue weighted by Gasteiger charge is 2.11. The molecule has 0 aromatic heterocycles. The number of benzene rings is 2. The lowest BCUT2D eigenvalue weighted by molar-refractivity contribution is 0.357. The average molecular weight is 308 g/mol. The molecule has 0 unspecified atom stereocenters. The number of halogens is 2. The molecule has 0 aliphatic carbocycles. The van der Waals surface area contributed by atoms with E-state index in [-0.39, 0.29) is 0 Å². The normalized spacial score (nSPS) is 12.9. The third-order valence-electron chi connectivity index (χ3n) is 3.42. The summed E-state index contributed by atoms with van der Waals surface area (Å²) in [6.07, 6.45) is 1.98. The molecule has 1 N–H and O–H groups in total. The van der Waals surface area contributed by atoms with Gasteiger partial charge in [-0.25, -0.2) is 0 Å². The molecule has 0 amide bonds. The van der Waals surface area contributed by atoms with Crippen molar-refractivity contribution in [1.29, 1.82) is 0 Å². The molecular weight excluding hydrogens is 293 g/mol. The molecule has 0 atom stereocenters. The van der Waals surface area contributed by atoms with E-state index in [0.29, 0.717) is 10.0 Å². The van der Waals surface area contributed by atoms with Crippen molar-refractivity contribution in [3.8, 4) is 5.75 Å². The highest BCUT2D eigenvalue weighted by Crippen LogP contribution is 2.27. The quantitative estimate of drug-likeness (QED) is 0.892. The Labute approximate surface area is 128 Å². The molecule has 0 saturated heterocycles. The summed E-state index contributed by atoms with van der Waals surface area (Å²) in [7, 11) is 0. The molecule has 0 bridgehead atoms. The van der Waals surface area contributed by atoms with E-state index in [4.69, 9.17) is 27.9 Å². The Kier molecular flexibility index (Phi) is 4.04. The minimum atomic E-state index is 0.575. The maximum atomic E-state index is 5.99. The summed E-state index contributed by atoms with van der Waals surface area (Å²) in [5.41, 5.74) is 3.63. The summed E-state index contributed by atoms with van der Waals surface area (Å²) in [4.78, 5) is 0. The van der Waals surface area contributed by atoms with Crippen LogP contribution < -0.4 is 10.1 Å². The van der Waals surface area contributed by atoms with Gasteiger partial charge in [0.15, 0.2) is 0 Å². The molecular formula is C16H15Cl2NO. The predicted octanol–water partition coefficient (Wildman–Crippen LogP) is 4.58. The number of ether oxygens (including phenoxy) is 1. The Morgan fingerprint density at radius 2 is 1.95 bits per heavy atom. The van der Waals surface area contributed by atoms with Crippen LogP contribution in [0.3, 0.4) is 0 Å². The highest BCUT2D eigenvalue weighted by molar-refractivity contribution is 6.42. The van der Waals surface area contributed by atoms with Gasteiger partial charge in [0.25, 0.3) is 0 Å². The van der Waals surface area contributed by atoms with Crippen LogP contribution in [-0.4, -0.2) is 13.2 Å². The van der Waals surface area contributed by atoms with E-state index in [2.05, 4.69) is 23.5 Å². The van der Waals surface area contributed by atoms with E-state index >= 15 is 0 Å². The number of hydrogen-bond donors (Lipinski definition) is 1. The molecule has 0 spiro atoms. The minimum Gasteiger partial charge on any atom is -0.493 e. The van der Waals surface area contributed by atoms with Crippen LogP contribution in [0.5, 0.6) is 5.75 Å². The van der Waals surface area contributed by atoms with E-state index in [1.54, 1.807) is 6.07 Å². The molecule has 20 heavy (non-hydrogen) atoms. The third-order valence-corrected chi connectivity index (χ3v) is 4.16. The van der Waals surface area contributed by atoms with Crippen LogP contribution in [0.4, 0.5) is 5.69 Å². The molecule has 0 radical (unpaired) electrons. The fourth-order valence-corrected chi connectivity index (χ4v) is 2.65. The van der Waals surface area contributed by atoms with Gasteiger partial charge in [-0.1, -0.05) is 35.3 Å². The maximum Gasteiger partial charge on any atom is 0.122 e. The van der Waals surface area contributed by atoms with Crippen LogP contribution in [0.1, 0.15) is 11.1 Å². The Morgan fingerprint density at radius 3 is 2.80 bits per heavy atom.